The van der Waals surface area contributed by atoms with Crippen LogP contribution < -0.4 is 4.74 Å². The van der Waals surface area contributed by atoms with Crippen molar-refractivity contribution in [2.45, 2.75) is 5.88 Å². The summed E-state index contributed by atoms with van der Waals surface area (Å²) in [4.78, 5) is 0. The van der Waals surface area contributed by atoms with E-state index >= 15 is 0 Å². The monoisotopic (exact) mass is 338 g/mol. The molecule has 1 aromatic heterocycles. The van der Waals surface area contributed by atoms with Crippen LogP contribution in [0, 0.1) is 3.57 Å². The number of benzene rings is 1. The lowest BCUT2D eigenvalue weighted by atomic mass is 10.2. The number of methoxy groups -OCH3 is 1. The summed E-state index contributed by atoms with van der Waals surface area (Å²) in [6.07, 6.45) is 0. The molecular weight excluding hydrogens is 331 g/mol. The lowest BCUT2D eigenvalue weighted by Crippen LogP contribution is -1.85. The fraction of sp³-hybridized carbons (Fsp3) is 0.200. The van der Waals surface area contributed by atoms with Gasteiger partial charge in [0.2, 0.25) is 0 Å². The number of halogens is 2. The zero-order valence-electron chi connectivity index (χ0n) is 7.51. The Kier molecular flexibility index (Phi) is 3.19. The number of rotatable bonds is 2. The van der Waals surface area contributed by atoms with Gasteiger partial charge >= 0.3 is 0 Å². The highest BCUT2D eigenvalue weighted by Crippen LogP contribution is 2.34. The summed E-state index contributed by atoms with van der Waals surface area (Å²) < 4.78 is 7.74. The summed E-state index contributed by atoms with van der Waals surface area (Å²) in [6.45, 7) is 0. The van der Waals surface area contributed by atoms with Gasteiger partial charge in [0.05, 0.1) is 7.11 Å². The van der Waals surface area contributed by atoms with Crippen molar-refractivity contribution in [2.75, 3.05) is 7.11 Å². The molecule has 14 heavy (non-hydrogen) atoms. The van der Waals surface area contributed by atoms with E-state index in [1.807, 2.05) is 5.38 Å². The number of thiophene rings is 1. The molecule has 0 bridgehead atoms. The molecule has 0 spiro atoms. The molecule has 0 aliphatic rings. The second-order valence-corrected chi connectivity index (χ2v) is 5.22. The van der Waals surface area contributed by atoms with Crippen LogP contribution >= 0.6 is 45.5 Å². The van der Waals surface area contributed by atoms with Crippen LogP contribution in [0.3, 0.4) is 0 Å². The van der Waals surface area contributed by atoms with E-state index in [0.29, 0.717) is 5.88 Å². The van der Waals surface area contributed by atoms with Crippen LogP contribution in [0.15, 0.2) is 17.5 Å². The van der Waals surface area contributed by atoms with Gasteiger partial charge in [-0.2, -0.15) is 0 Å². The van der Waals surface area contributed by atoms with Crippen LogP contribution in [0.2, 0.25) is 0 Å². The first-order valence-electron chi connectivity index (χ1n) is 4.06. The number of hydrogen-bond donors (Lipinski definition) is 0. The molecule has 0 N–H and O–H groups in total. The highest BCUT2D eigenvalue weighted by molar-refractivity contribution is 14.1. The van der Waals surface area contributed by atoms with Gasteiger partial charge in [-0.1, -0.05) is 0 Å². The van der Waals surface area contributed by atoms with Gasteiger partial charge in [-0.15, -0.1) is 22.9 Å². The molecule has 0 unspecified atom stereocenters. The van der Waals surface area contributed by atoms with E-state index in [1.54, 1.807) is 18.4 Å². The van der Waals surface area contributed by atoms with Gasteiger partial charge in [-0.25, -0.2) is 0 Å². The Labute approximate surface area is 105 Å². The molecule has 0 aliphatic carbocycles. The Morgan fingerprint density at radius 3 is 2.93 bits per heavy atom. The van der Waals surface area contributed by atoms with Crippen molar-refractivity contribution in [3.05, 3.63) is 26.6 Å². The van der Waals surface area contributed by atoms with Crippen LogP contribution in [0.25, 0.3) is 10.1 Å². The van der Waals surface area contributed by atoms with Crippen LogP contribution in [-0.2, 0) is 5.88 Å². The quantitative estimate of drug-likeness (QED) is 0.587. The highest BCUT2D eigenvalue weighted by Gasteiger charge is 2.07. The third-order valence-corrected chi connectivity index (χ3v) is 4.29. The molecule has 0 saturated carbocycles. The van der Waals surface area contributed by atoms with Gasteiger partial charge < -0.3 is 4.74 Å². The molecule has 4 heteroatoms. The first-order valence-corrected chi connectivity index (χ1v) is 6.55. The van der Waals surface area contributed by atoms with Crippen molar-refractivity contribution in [2.24, 2.45) is 0 Å². The van der Waals surface area contributed by atoms with Gasteiger partial charge in [0, 0.05) is 24.9 Å². The Morgan fingerprint density at radius 1 is 1.50 bits per heavy atom. The fourth-order valence-corrected chi connectivity index (χ4v) is 3.58. The zero-order valence-corrected chi connectivity index (χ0v) is 11.2. The van der Waals surface area contributed by atoms with Gasteiger partial charge in [0.15, 0.2) is 0 Å². The van der Waals surface area contributed by atoms with Crippen LogP contribution in [0.5, 0.6) is 5.75 Å². The maximum Gasteiger partial charge on any atom is 0.137 e. The normalized spacial score (nSPS) is 10.8. The van der Waals surface area contributed by atoms with E-state index < -0.39 is 0 Å². The van der Waals surface area contributed by atoms with E-state index in [2.05, 4.69) is 34.7 Å². The van der Waals surface area contributed by atoms with Crippen molar-refractivity contribution in [3.8, 4) is 5.75 Å². The van der Waals surface area contributed by atoms with E-state index in [1.165, 1.54) is 8.27 Å². The summed E-state index contributed by atoms with van der Waals surface area (Å²) in [5.74, 6) is 1.49. The van der Waals surface area contributed by atoms with Crippen molar-refractivity contribution in [1.82, 2.24) is 0 Å². The lowest BCUT2D eigenvalue weighted by molar-refractivity contribution is 0.421. The largest absolute Gasteiger partial charge is 0.495 e. The van der Waals surface area contributed by atoms with Gasteiger partial charge in [0.25, 0.3) is 0 Å². The van der Waals surface area contributed by atoms with Crippen LogP contribution in [0.4, 0.5) is 0 Å². The number of ether oxygens (including phenoxy) is 1. The molecule has 1 heterocycles. The van der Waals surface area contributed by atoms with E-state index in [0.717, 1.165) is 16.7 Å². The number of fused-ring (bicyclic) bond motifs is 1. The summed E-state index contributed by atoms with van der Waals surface area (Å²) in [5.41, 5.74) is 1.16. The van der Waals surface area contributed by atoms with Gasteiger partial charge in [-0.05, 0) is 40.3 Å². The molecule has 1 nitrogen and oxygen atoms in total. The van der Waals surface area contributed by atoms with Crippen molar-refractivity contribution in [3.63, 3.8) is 0 Å². The maximum atomic E-state index is 5.85. The first-order chi connectivity index (χ1) is 6.76. The highest BCUT2D eigenvalue weighted by atomic mass is 127. The summed E-state index contributed by atoms with van der Waals surface area (Å²) >= 11 is 9.86. The standard InChI is InChI=1S/C10H8ClIOS/c1-13-9-5-14-10-3-8(12)6(4-11)2-7(9)10/h2-3,5H,4H2,1H3. The average molecular weight is 339 g/mol. The molecule has 0 atom stereocenters. The molecule has 74 valence electrons. The minimum Gasteiger partial charge on any atom is -0.495 e. The molecule has 2 aromatic rings. The molecule has 0 aliphatic heterocycles. The van der Waals surface area contributed by atoms with E-state index in [9.17, 15) is 0 Å². The second-order valence-electron chi connectivity index (χ2n) is 2.88. The third kappa shape index (κ3) is 1.73. The Bertz CT molecular complexity index is 466. The van der Waals surface area contributed by atoms with E-state index in [4.69, 9.17) is 16.3 Å². The maximum absolute atomic E-state index is 5.85. The predicted octanol–water partition coefficient (Wildman–Crippen LogP) is 4.25. The molecule has 0 amide bonds. The molecule has 0 saturated heterocycles. The third-order valence-electron chi connectivity index (χ3n) is 2.07. The lowest BCUT2D eigenvalue weighted by Gasteiger charge is -2.02. The Balaban J connectivity index is 2.70. The predicted molar refractivity (Wildman–Crippen MR) is 70.7 cm³/mol. The van der Waals surface area contributed by atoms with Gasteiger partial charge in [0.1, 0.15) is 5.75 Å². The topological polar surface area (TPSA) is 9.23 Å². The molecule has 0 fully saturated rings. The van der Waals surface area contributed by atoms with Crippen LogP contribution in [0.1, 0.15) is 5.56 Å². The summed E-state index contributed by atoms with van der Waals surface area (Å²) in [7, 11) is 1.69. The average Bonchev–Trinajstić information content (AvgIpc) is 2.58. The fourth-order valence-electron chi connectivity index (χ4n) is 1.33. The molecule has 1 aromatic carbocycles. The smallest absolute Gasteiger partial charge is 0.137 e. The first kappa shape index (κ1) is 10.5. The zero-order chi connectivity index (χ0) is 10.1. The molecule has 2 rings (SSSR count). The van der Waals surface area contributed by atoms with Crippen molar-refractivity contribution >= 4 is 55.6 Å². The molecule has 0 radical (unpaired) electrons. The number of hydrogen-bond acceptors (Lipinski definition) is 2. The number of alkyl halides is 1. The summed E-state index contributed by atoms with van der Waals surface area (Å²) in [6, 6.07) is 4.26. The minimum absolute atomic E-state index is 0.549. The van der Waals surface area contributed by atoms with Crippen molar-refractivity contribution < 1.29 is 4.74 Å². The van der Waals surface area contributed by atoms with Gasteiger partial charge in [-0.3, -0.25) is 0 Å². The molecular formula is C10H8ClIOS. The van der Waals surface area contributed by atoms with Crippen molar-refractivity contribution in [1.29, 1.82) is 0 Å². The van der Waals surface area contributed by atoms with Crippen LogP contribution in [-0.4, -0.2) is 7.11 Å². The minimum atomic E-state index is 0.549. The van der Waals surface area contributed by atoms with E-state index in [-0.39, 0.29) is 0 Å². The SMILES string of the molecule is COc1csc2cc(I)c(CCl)cc12. The second kappa shape index (κ2) is 4.24. The Hall–Kier alpha value is -0.0000000000000000555. The summed E-state index contributed by atoms with van der Waals surface area (Å²) in [5, 5.41) is 3.19. The Morgan fingerprint density at radius 2 is 2.29 bits per heavy atom.